The number of nitrogens with one attached hydrogen (secondary N) is 2. The van der Waals surface area contributed by atoms with Crippen molar-refractivity contribution in [3.05, 3.63) is 0 Å². The SMILES string of the molecule is CCCCCNC(=S)CC(=O)NC[C@@H]1[C@H](CC=O)[C@@H]2CC[C@H]1O2. The molecule has 130 valence electrons. The molecule has 0 aliphatic carbocycles. The summed E-state index contributed by atoms with van der Waals surface area (Å²) in [5, 5.41) is 6.10. The van der Waals surface area contributed by atoms with Crippen molar-refractivity contribution in [2.45, 2.75) is 64.1 Å². The first-order chi connectivity index (χ1) is 11.2. The fourth-order valence-corrected chi connectivity index (χ4v) is 3.93. The Labute approximate surface area is 143 Å². The van der Waals surface area contributed by atoms with Gasteiger partial charge < -0.3 is 20.2 Å². The molecule has 0 aromatic carbocycles. The standard InChI is InChI=1S/C17H28N2O3S/c1-2-3-4-8-18-17(23)10-16(21)19-11-13-12(7-9-20)14-5-6-15(13)22-14/h9,12-15H,2-8,10-11H2,1H3,(H,18,23)(H,19,21)/t12-,13+,14-,15+/m0/s1. The van der Waals surface area contributed by atoms with Gasteiger partial charge in [0.25, 0.3) is 0 Å². The predicted molar refractivity (Wildman–Crippen MR) is 93.3 cm³/mol. The summed E-state index contributed by atoms with van der Waals surface area (Å²) in [7, 11) is 0. The molecule has 2 rings (SSSR count). The van der Waals surface area contributed by atoms with Crippen molar-refractivity contribution in [2.24, 2.45) is 11.8 Å². The zero-order chi connectivity index (χ0) is 16.7. The van der Waals surface area contributed by atoms with Gasteiger partial charge in [-0.15, -0.1) is 0 Å². The number of thiocarbonyl (C=S) groups is 1. The maximum absolute atomic E-state index is 12.0. The van der Waals surface area contributed by atoms with Crippen LogP contribution < -0.4 is 10.6 Å². The largest absolute Gasteiger partial charge is 0.379 e. The lowest BCUT2D eigenvalue weighted by atomic mass is 9.78. The second kappa shape index (κ2) is 9.33. The molecule has 0 aromatic rings. The summed E-state index contributed by atoms with van der Waals surface area (Å²) < 4.78 is 5.89. The van der Waals surface area contributed by atoms with Gasteiger partial charge in [-0.05, 0) is 25.2 Å². The van der Waals surface area contributed by atoms with Gasteiger partial charge in [-0.1, -0.05) is 32.0 Å². The van der Waals surface area contributed by atoms with Crippen LogP contribution in [0.2, 0.25) is 0 Å². The van der Waals surface area contributed by atoms with E-state index in [-0.39, 0.29) is 36.4 Å². The molecule has 2 aliphatic heterocycles. The van der Waals surface area contributed by atoms with E-state index in [2.05, 4.69) is 17.6 Å². The first-order valence-corrected chi connectivity index (χ1v) is 9.19. The molecule has 4 atom stereocenters. The number of unbranched alkanes of at least 4 members (excludes halogenated alkanes) is 2. The highest BCUT2D eigenvalue weighted by atomic mass is 32.1. The Hall–Kier alpha value is -1.01. The van der Waals surface area contributed by atoms with Crippen LogP contribution in [-0.2, 0) is 14.3 Å². The minimum Gasteiger partial charge on any atom is -0.379 e. The fourth-order valence-electron chi connectivity index (χ4n) is 3.70. The van der Waals surface area contributed by atoms with E-state index in [4.69, 9.17) is 17.0 Å². The summed E-state index contributed by atoms with van der Waals surface area (Å²) in [4.78, 5) is 23.5. The highest BCUT2D eigenvalue weighted by molar-refractivity contribution is 7.80. The van der Waals surface area contributed by atoms with Crippen molar-refractivity contribution in [3.63, 3.8) is 0 Å². The van der Waals surface area contributed by atoms with Crippen molar-refractivity contribution in [1.29, 1.82) is 0 Å². The summed E-state index contributed by atoms with van der Waals surface area (Å²) in [6, 6.07) is 0. The van der Waals surface area contributed by atoms with E-state index in [1.165, 1.54) is 12.8 Å². The second-order valence-corrected chi connectivity index (χ2v) is 7.05. The van der Waals surface area contributed by atoms with E-state index in [1.807, 2.05) is 0 Å². The first-order valence-electron chi connectivity index (χ1n) is 8.78. The zero-order valence-corrected chi connectivity index (χ0v) is 14.7. The number of hydrogen-bond acceptors (Lipinski definition) is 4. The maximum atomic E-state index is 12.0. The quantitative estimate of drug-likeness (QED) is 0.362. The molecule has 0 radical (unpaired) electrons. The third-order valence-electron chi connectivity index (χ3n) is 4.92. The summed E-state index contributed by atoms with van der Waals surface area (Å²) in [5.41, 5.74) is 0. The average molecular weight is 340 g/mol. The Bertz CT molecular complexity index is 430. The zero-order valence-electron chi connectivity index (χ0n) is 13.9. The van der Waals surface area contributed by atoms with Crippen LogP contribution in [0.3, 0.4) is 0 Å². The molecule has 2 heterocycles. The van der Waals surface area contributed by atoms with Gasteiger partial charge in [0.1, 0.15) is 6.29 Å². The van der Waals surface area contributed by atoms with Crippen LogP contribution in [-0.4, -0.2) is 42.5 Å². The minimum absolute atomic E-state index is 0.0504. The highest BCUT2D eigenvalue weighted by Crippen LogP contribution is 2.44. The molecule has 2 N–H and O–H groups in total. The number of rotatable bonds is 10. The molecule has 1 amide bonds. The molecule has 0 unspecified atom stereocenters. The summed E-state index contributed by atoms with van der Waals surface area (Å²) in [6.45, 7) is 3.57. The molecule has 5 nitrogen and oxygen atoms in total. The van der Waals surface area contributed by atoms with Gasteiger partial charge in [-0.2, -0.15) is 0 Å². The average Bonchev–Trinajstić information content (AvgIpc) is 3.12. The van der Waals surface area contributed by atoms with Crippen molar-refractivity contribution < 1.29 is 14.3 Å². The summed E-state index contributed by atoms with van der Waals surface area (Å²) in [6.07, 6.45) is 7.63. The molecule has 0 saturated carbocycles. The van der Waals surface area contributed by atoms with Gasteiger partial charge in [0.2, 0.25) is 5.91 Å². The number of aldehydes is 1. The van der Waals surface area contributed by atoms with E-state index >= 15 is 0 Å². The van der Waals surface area contributed by atoms with Crippen molar-refractivity contribution in [3.8, 4) is 0 Å². The van der Waals surface area contributed by atoms with E-state index in [1.54, 1.807) is 0 Å². The van der Waals surface area contributed by atoms with E-state index in [9.17, 15) is 9.59 Å². The van der Waals surface area contributed by atoms with Crippen molar-refractivity contribution >= 4 is 29.4 Å². The number of carbonyl (C=O) groups excluding carboxylic acids is 2. The van der Waals surface area contributed by atoms with Crippen LogP contribution in [0.1, 0.15) is 51.9 Å². The molecule has 6 heteroatoms. The molecule has 0 spiro atoms. The first kappa shape index (κ1) is 18.3. The van der Waals surface area contributed by atoms with E-state index in [0.717, 1.165) is 32.1 Å². The molecule has 2 saturated heterocycles. The Morgan fingerprint density at radius 1 is 1.22 bits per heavy atom. The lowest BCUT2D eigenvalue weighted by Crippen LogP contribution is -2.39. The van der Waals surface area contributed by atoms with Crippen LogP contribution in [0.15, 0.2) is 0 Å². The lowest BCUT2D eigenvalue weighted by Gasteiger charge is -2.26. The van der Waals surface area contributed by atoms with Gasteiger partial charge in [-0.25, -0.2) is 0 Å². The maximum Gasteiger partial charge on any atom is 0.226 e. The Morgan fingerprint density at radius 2 is 1.96 bits per heavy atom. The Balaban J connectivity index is 1.67. The predicted octanol–water partition coefficient (Wildman–Crippen LogP) is 1.98. The summed E-state index contributed by atoms with van der Waals surface area (Å²) in [5.74, 6) is 0.463. The number of carbonyl (C=O) groups is 2. The smallest absolute Gasteiger partial charge is 0.226 e. The van der Waals surface area contributed by atoms with Gasteiger partial charge >= 0.3 is 0 Å². The van der Waals surface area contributed by atoms with Crippen molar-refractivity contribution in [1.82, 2.24) is 10.6 Å². The lowest BCUT2D eigenvalue weighted by molar-refractivity contribution is -0.120. The molecule has 2 aliphatic rings. The van der Waals surface area contributed by atoms with Crippen molar-refractivity contribution in [2.75, 3.05) is 13.1 Å². The molecule has 23 heavy (non-hydrogen) atoms. The number of fused-ring (bicyclic) bond motifs is 2. The third kappa shape index (κ3) is 5.24. The Morgan fingerprint density at radius 3 is 2.65 bits per heavy atom. The van der Waals surface area contributed by atoms with Crippen LogP contribution >= 0.6 is 12.2 Å². The summed E-state index contributed by atoms with van der Waals surface area (Å²) >= 11 is 5.20. The molecular weight excluding hydrogens is 312 g/mol. The highest BCUT2D eigenvalue weighted by Gasteiger charge is 2.48. The number of ether oxygens (including phenoxy) is 1. The van der Waals surface area contributed by atoms with Crippen LogP contribution in [0.5, 0.6) is 0 Å². The fraction of sp³-hybridized carbons (Fsp3) is 0.824. The minimum atomic E-state index is -0.0504. The molecule has 0 aromatic heterocycles. The van der Waals surface area contributed by atoms with Gasteiger partial charge in [-0.3, -0.25) is 4.79 Å². The van der Waals surface area contributed by atoms with Crippen LogP contribution in [0, 0.1) is 11.8 Å². The van der Waals surface area contributed by atoms with Gasteiger partial charge in [0, 0.05) is 25.4 Å². The molecule has 2 fully saturated rings. The molecule has 2 bridgehead atoms. The van der Waals surface area contributed by atoms with Crippen LogP contribution in [0.25, 0.3) is 0 Å². The van der Waals surface area contributed by atoms with Gasteiger partial charge in [0.05, 0.1) is 23.6 Å². The topological polar surface area (TPSA) is 67.4 Å². The second-order valence-electron chi connectivity index (χ2n) is 6.56. The van der Waals surface area contributed by atoms with Crippen LogP contribution in [0.4, 0.5) is 0 Å². The van der Waals surface area contributed by atoms with E-state index in [0.29, 0.717) is 18.0 Å². The number of amides is 1. The number of hydrogen-bond donors (Lipinski definition) is 2. The Kier molecular flexibility index (Phi) is 7.43. The molecular formula is C17H28N2O3S. The van der Waals surface area contributed by atoms with Gasteiger partial charge in [0.15, 0.2) is 0 Å². The third-order valence-corrected chi connectivity index (χ3v) is 5.21. The van der Waals surface area contributed by atoms with E-state index < -0.39 is 0 Å². The normalized spacial score (nSPS) is 28.6. The monoisotopic (exact) mass is 340 g/mol.